The molecule has 1 aliphatic rings. The lowest BCUT2D eigenvalue weighted by atomic mass is 9.90. The van der Waals surface area contributed by atoms with E-state index in [0.29, 0.717) is 13.0 Å². The van der Waals surface area contributed by atoms with Crippen LogP contribution in [0.5, 0.6) is 0 Å². The predicted octanol–water partition coefficient (Wildman–Crippen LogP) is 4.23. The standard InChI is InChI=1S/C21H21NO3/c1-3-24-21(23)19-13-18(22(2)25-19)20-16-10-6-4-8-14(16)12-15-9-5-7-11-17(15)20/h4-12,18-19H,3,13H2,1-2H3/t18?,19-/m0/s1. The average Bonchev–Trinajstić information content (AvgIpc) is 3.01. The van der Waals surface area contributed by atoms with Gasteiger partial charge in [0.1, 0.15) is 0 Å². The fraction of sp³-hybridized carbons (Fsp3) is 0.286. The SMILES string of the molecule is CCOC(=O)[C@@H]1CC(c2c3ccccc3cc3ccccc23)N(C)O1. The number of carbonyl (C=O) groups excluding carboxylic acids is 1. The summed E-state index contributed by atoms with van der Waals surface area (Å²) in [5, 5.41) is 6.60. The van der Waals surface area contributed by atoms with Gasteiger partial charge in [0, 0.05) is 13.5 Å². The van der Waals surface area contributed by atoms with Crippen molar-refractivity contribution in [1.82, 2.24) is 5.06 Å². The van der Waals surface area contributed by atoms with Crippen molar-refractivity contribution in [1.29, 1.82) is 0 Å². The van der Waals surface area contributed by atoms with E-state index in [1.807, 2.05) is 14.0 Å². The highest BCUT2D eigenvalue weighted by atomic mass is 16.7. The molecule has 128 valence electrons. The maximum absolute atomic E-state index is 12.1. The summed E-state index contributed by atoms with van der Waals surface area (Å²) >= 11 is 0. The summed E-state index contributed by atoms with van der Waals surface area (Å²) < 4.78 is 5.14. The van der Waals surface area contributed by atoms with Crippen molar-refractivity contribution < 1.29 is 14.4 Å². The Balaban J connectivity index is 1.86. The van der Waals surface area contributed by atoms with Crippen molar-refractivity contribution in [3.8, 4) is 0 Å². The molecule has 1 saturated heterocycles. The molecule has 0 aliphatic carbocycles. The summed E-state index contributed by atoms with van der Waals surface area (Å²) in [7, 11) is 1.89. The first-order chi connectivity index (χ1) is 12.2. The zero-order valence-electron chi connectivity index (χ0n) is 14.4. The van der Waals surface area contributed by atoms with E-state index in [1.54, 1.807) is 5.06 Å². The molecule has 1 unspecified atom stereocenters. The van der Waals surface area contributed by atoms with Crippen molar-refractivity contribution >= 4 is 27.5 Å². The molecule has 0 aromatic heterocycles. The first kappa shape index (κ1) is 16.1. The van der Waals surface area contributed by atoms with Crippen molar-refractivity contribution in [2.45, 2.75) is 25.5 Å². The molecule has 4 nitrogen and oxygen atoms in total. The van der Waals surface area contributed by atoms with Crippen LogP contribution in [0, 0.1) is 0 Å². The van der Waals surface area contributed by atoms with Gasteiger partial charge in [-0.15, -0.1) is 0 Å². The molecule has 0 spiro atoms. The molecule has 3 aromatic rings. The summed E-state index contributed by atoms with van der Waals surface area (Å²) in [5.41, 5.74) is 1.21. The number of nitrogens with zero attached hydrogens (tertiary/aromatic N) is 1. The molecule has 0 N–H and O–H groups in total. The maximum atomic E-state index is 12.1. The second-order valence-corrected chi connectivity index (χ2v) is 6.38. The van der Waals surface area contributed by atoms with Gasteiger partial charge in [-0.05, 0) is 40.1 Å². The summed E-state index contributed by atoms with van der Waals surface area (Å²) in [6.07, 6.45) is 0.0422. The minimum absolute atomic E-state index is 0.00501. The molecule has 3 aromatic carbocycles. The third-order valence-electron chi connectivity index (χ3n) is 4.87. The third kappa shape index (κ3) is 2.77. The fourth-order valence-electron chi connectivity index (χ4n) is 3.75. The quantitative estimate of drug-likeness (QED) is 0.530. The Hall–Kier alpha value is -2.43. The van der Waals surface area contributed by atoms with Crippen LogP contribution in [0.1, 0.15) is 24.9 Å². The second kappa shape index (κ2) is 6.47. The number of hydrogen-bond donors (Lipinski definition) is 0. The molecular formula is C21H21NO3. The highest BCUT2D eigenvalue weighted by Crippen LogP contribution is 2.41. The number of ether oxygens (including phenoxy) is 1. The van der Waals surface area contributed by atoms with Crippen LogP contribution in [0.2, 0.25) is 0 Å². The smallest absolute Gasteiger partial charge is 0.337 e. The summed E-state index contributed by atoms with van der Waals surface area (Å²) in [5.74, 6) is -0.290. The maximum Gasteiger partial charge on any atom is 0.337 e. The molecule has 0 radical (unpaired) electrons. The lowest BCUT2D eigenvalue weighted by Gasteiger charge is -2.21. The number of hydrogen-bond acceptors (Lipinski definition) is 4. The first-order valence-electron chi connectivity index (χ1n) is 8.65. The molecule has 0 saturated carbocycles. The fourth-order valence-corrected chi connectivity index (χ4v) is 3.75. The Bertz CT molecular complexity index is 883. The lowest BCUT2D eigenvalue weighted by Crippen LogP contribution is -2.24. The number of hydroxylamine groups is 2. The molecule has 0 amide bonds. The van der Waals surface area contributed by atoms with Gasteiger partial charge in [0.05, 0.1) is 12.6 Å². The predicted molar refractivity (Wildman–Crippen MR) is 98.1 cm³/mol. The Morgan fingerprint density at radius 2 is 1.72 bits per heavy atom. The van der Waals surface area contributed by atoms with Crippen molar-refractivity contribution in [3.63, 3.8) is 0 Å². The highest BCUT2D eigenvalue weighted by Gasteiger charge is 2.38. The van der Waals surface area contributed by atoms with Crippen molar-refractivity contribution in [2.75, 3.05) is 13.7 Å². The monoisotopic (exact) mass is 335 g/mol. The molecule has 1 aliphatic heterocycles. The van der Waals surface area contributed by atoms with E-state index in [-0.39, 0.29) is 12.0 Å². The van der Waals surface area contributed by atoms with Crippen molar-refractivity contribution in [2.24, 2.45) is 0 Å². The van der Waals surface area contributed by atoms with Crippen LogP contribution in [-0.2, 0) is 14.4 Å². The van der Waals surface area contributed by atoms with E-state index in [9.17, 15) is 4.79 Å². The number of fused-ring (bicyclic) bond motifs is 2. The normalized spacial score (nSPS) is 21.0. The zero-order valence-corrected chi connectivity index (χ0v) is 14.4. The van der Waals surface area contributed by atoms with Gasteiger partial charge >= 0.3 is 5.97 Å². The summed E-state index contributed by atoms with van der Waals surface area (Å²) in [6.45, 7) is 2.18. The minimum Gasteiger partial charge on any atom is -0.464 e. The molecule has 1 heterocycles. The van der Waals surface area contributed by atoms with E-state index in [1.165, 1.54) is 27.1 Å². The van der Waals surface area contributed by atoms with Crippen molar-refractivity contribution in [3.05, 3.63) is 60.2 Å². The van der Waals surface area contributed by atoms with Gasteiger partial charge < -0.3 is 4.74 Å². The van der Waals surface area contributed by atoms with Crippen LogP contribution in [0.4, 0.5) is 0 Å². The van der Waals surface area contributed by atoms with Gasteiger partial charge in [-0.1, -0.05) is 48.5 Å². The van der Waals surface area contributed by atoms with Crippen LogP contribution >= 0.6 is 0 Å². The Morgan fingerprint density at radius 3 is 2.32 bits per heavy atom. The second-order valence-electron chi connectivity index (χ2n) is 6.38. The van der Waals surface area contributed by atoms with Gasteiger partial charge in [0.15, 0.2) is 6.10 Å². The van der Waals surface area contributed by atoms with Crippen LogP contribution in [0.15, 0.2) is 54.6 Å². The minimum atomic E-state index is -0.548. The lowest BCUT2D eigenvalue weighted by molar-refractivity contribution is -0.181. The van der Waals surface area contributed by atoms with Gasteiger partial charge in [-0.2, -0.15) is 5.06 Å². The van der Waals surface area contributed by atoms with E-state index in [0.717, 1.165) is 0 Å². The van der Waals surface area contributed by atoms with Gasteiger partial charge in [-0.3, -0.25) is 4.84 Å². The first-order valence-corrected chi connectivity index (χ1v) is 8.65. The molecule has 4 rings (SSSR count). The largest absolute Gasteiger partial charge is 0.464 e. The van der Waals surface area contributed by atoms with Gasteiger partial charge in [0.25, 0.3) is 0 Å². The molecule has 0 bridgehead atoms. The van der Waals surface area contributed by atoms with Gasteiger partial charge in [0.2, 0.25) is 0 Å². The topological polar surface area (TPSA) is 38.8 Å². The number of rotatable bonds is 3. The Kier molecular flexibility index (Phi) is 4.15. The van der Waals surface area contributed by atoms with E-state index in [4.69, 9.17) is 9.57 Å². The van der Waals surface area contributed by atoms with Gasteiger partial charge in [-0.25, -0.2) is 4.79 Å². The number of benzene rings is 3. The average molecular weight is 335 g/mol. The third-order valence-corrected chi connectivity index (χ3v) is 4.87. The molecule has 1 fully saturated rings. The van der Waals surface area contributed by atoms with E-state index >= 15 is 0 Å². The Labute approximate surface area is 146 Å². The molecule has 25 heavy (non-hydrogen) atoms. The molecular weight excluding hydrogens is 314 g/mol. The van der Waals surface area contributed by atoms with Crippen LogP contribution in [0.3, 0.4) is 0 Å². The van der Waals surface area contributed by atoms with E-state index in [2.05, 4.69) is 54.6 Å². The van der Waals surface area contributed by atoms with Crippen LogP contribution < -0.4 is 0 Å². The molecule has 4 heteroatoms. The summed E-state index contributed by atoms with van der Waals surface area (Å²) in [4.78, 5) is 17.9. The number of carbonyl (C=O) groups is 1. The van der Waals surface area contributed by atoms with E-state index < -0.39 is 6.10 Å². The van der Waals surface area contributed by atoms with Crippen LogP contribution in [0.25, 0.3) is 21.5 Å². The highest BCUT2D eigenvalue weighted by molar-refractivity contribution is 6.02. The number of esters is 1. The van der Waals surface area contributed by atoms with Crippen LogP contribution in [-0.4, -0.2) is 30.8 Å². The Morgan fingerprint density at radius 1 is 1.12 bits per heavy atom. The summed E-state index contributed by atoms with van der Waals surface area (Å²) in [6, 6.07) is 19.0. The zero-order chi connectivity index (χ0) is 17.4. The molecule has 2 atom stereocenters.